The van der Waals surface area contributed by atoms with Crippen molar-refractivity contribution in [2.75, 3.05) is 0 Å². The van der Waals surface area contributed by atoms with Crippen LogP contribution >= 0.6 is 0 Å². The van der Waals surface area contributed by atoms with Crippen LogP contribution in [0.4, 0.5) is 4.39 Å². The van der Waals surface area contributed by atoms with Crippen molar-refractivity contribution >= 4 is 16.9 Å². The summed E-state index contributed by atoms with van der Waals surface area (Å²) in [5, 5.41) is 8.76. The van der Waals surface area contributed by atoms with Gasteiger partial charge in [-0.3, -0.25) is 4.79 Å². The van der Waals surface area contributed by atoms with E-state index in [0.29, 0.717) is 5.56 Å². The van der Waals surface area contributed by atoms with Crippen molar-refractivity contribution in [3.63, 3.8) is 0 Å². The fraction of sp³-hybridized carbons (Fsp3) is 0.227. The van der Waals surface area contributed by atoms with Crippen LogP contribution in [0.5, 0.6) is 0 Å². The second-order valence-electron chi connectivity index (χ2n) is 6.95. The van der Waals surface area contributed by atoms with Crippen molar-refractivity contribution in [2.45, 2.75) is 33.3 Å². The van der Waals surface area contributed by atoms with Crippen LogP contribution in [0.3, 0.4) is 0 Å². The van der Waals surface area contributed by atoms with E-state index < -0.39 is 12.1 Å². The van der Waals surface area contributed by atoms with Crippen LogP contribution in [0.2, 0.25) is 0 Å². The minimum atomic E-state index is -0.716. The van der Waals surface area contributed by atoms with Gasteiger partial charge in [0.25, 0.3) is 5.89 Å². The monoisotopic (exact) mass is 394 g/mol. The molecular weight excluding hydrogens is 375 g/mol. The Bertz CT molecular complexity index is 1180. The Morgan fingerprint density at radius 3 is 2.62 bits per heavy atom. The molecular formula is C22H19FN2O4. The lowest BCUT2D eigenvalue weighted by Crippen LogP contribution is -2.11. The summed E-state index contributed by atoms with van der Waals surface area (Å²) >= 11 is 0. The second-order valence-corrected chi connectivity index (χ2v) is 6.95. The zero-order valence-electron chi connectivity index (χ0n) is 16.2. The summed E-state index contributed by atoms with van der Waals surface area (Å²) in [5.41, 5.74) is 4.34. The maximum atomic E-state index is 13.0. The Balaban J connectivity index is 1.45. The average Bonchev–Trinajstić information content (AvgIpc) is 3.31. The number of aryl methyl sites for hydroxylation is 2. The molecule has 2 heterocycles. The Labute approximate surface area is 166 Å². The standard InChI is InChI=1S/C22H19FN2O4/c1-12-8-18-16(11-27-19(18)9-13(12)2)10-20(26)28-14(3)21-24-25-22(29-21)15-4-6-17(23)7-5-15/h4-9,11,14H,10H2,1-3H3/t14-/m0/s1. The molecule has 0 N–H and O–H groups in total. The summed E-state index contributed by atoms with van der Waals surface area (Å²) in [7, 11) is 0. The molecule has 0 saturated carbocycles. The van der Waals surface area contributed by atoms with Gasteiger partial charge in [-0.15, -0.1) is 10.2 Å². The van der Waals surface area contributed by atoms with Gasteiger partial charge in [0.05, 0.1) is 12.7 Å². The Morgan fingerprint density at radius 1 is 1.14 bits per heavy atom. The number of halogens is 1. The molecule has 2 aromatic heterocycles. The lowest BCUT2D eigenvalue weighted by Gasteiger charge is -2.09. The molecule has 4 aromatic rings. The molecule has 0 radical (unpaired) electrons. The molecule has 0 fully saturated rings. The lowest BCUT2D eigenvalue weighted by molar-refractivity contribution is -0.148. The van der Waals surface area contributed by atoms with Gasteiger partial charge in [0.2, 0.25) is 5.89 Å². The number of hydrogen-bond donors (Lipinski definition) is 0. The lowest BCUT2D eigenvalue weighted by atomic mass is 10.0. The molecule has 6 nitrogen and oxygen atoms in total. The quantitative estimate of drug-likeness (QED) is 0.439. The van der Waals surface area contributed by atoms with E-state index in [9.17, 15) is 9.18 Å². The maximum Gasteiger partial charge on any atom is 0.311 e. The van der Waals surface area contributed by atoms with Crippen LogP contribution < -0.4 is 0 Å². The molecule has 7 heteroatoms. The largest absolute Gasteiger partial charge is 0.464 e. The van der Waals surface area contributed by atoms with E-state index in [1.165, 1.54) is 24.3 Å². The van der Waals surface area contributed by atoms with Gasteiger partial charge in [-0.25, -0.2) is 4.39 Å². The summed E-state index contributed by atoms with van der Waals surface area (Å²) in [6.45, 7) is 5.68. The van der Waals surface area contributed by atoms with Crippen molar-refractivity contribution in [3.05, 3.63) is 71.1 Å². The molecule has 0 aliphatic heterocycles. The summed E-state index contributed by atoms with van der Waals surface area (Å²) in [4.78, 5) is 12.4. The van der Waals surface area contributed by atoms with Gasteiger partial charge in [0.15, 0.2) is 6.10 Å². The normalized spacial score (nSPS) is 12.3. The number of rotatable bonds is 5. The van der Waals surface area contributed by atoms with E-state index >= 15 is 0 Å². The molecule has 0 aliphatic carbocycles. The zero-order valence-corrected chi connectivity index (χ0v) is 16.2. The van der Waals surface area contributed by atoms with Crippen LogP contribution in [0.1, 0.15) is 35.6 Å². The molecule has 0 bridgehead atoms. The van der Waals surface area contributed by atoms with Crippen LogP contribution in [0, 0.1) is 19.7 Å². The van der Waals surface area contributed by atoms with Crippen molar-refractivity contribution in [2.24, 2.45) is 0 Å². The smallest absolute Gasteiger partial charge is 0.311 e. The van der Waals surface area contributed by atoms with Crippen LogP contribution in [0.15, 0.2) is 51.5 Å². The van der Waals surface area contributed by atoms with E-state index in [0.717, 1.165) is 27.7 Å². The minimum Gasteiger partial charge on any atom is -0.464 e. The van der Waals surface area contributed by atoms with Crippen molar-refractivity contribution in [3.8, 4) is 11.5 Å². The first-order valence-corrected chi connectivity index (χ1v) is 9.17. The third-order valence-electron chi connectivity index (χ3n) is 4.79. The highest BCUT2D eigenvalue weighted by molar-refractivity contribution is 5.86. The van der Waals surface area contributed by atoms with Crippen molar-refractivity contribution < 1.29 is 22.8 Å². The Hall–Kier alpha value is -3.48. The first kappa shape index (κ1) is 18.9. The Kier molecular flexibility index (Phi) is 4.88. The summed E-state index contributed by atoms with van der Waals surface area (Å²) in [6, 6.07) is 9.65. The number of ether oxygens (including phenoxy) is 1. The highest BCUT2D eigenvalue weighted by Gasteiger charge is 2.20. The number of carbonyl (C=O) groups excluding carboxylic acids is 1. The predicted octanol–water partition coefficient (Wildman–Crippen LogP) is 5.09. The van der Waals surface area contributed by atoms with Gasteiger partial charge in [0.1, 0.15) is 11.4 Å². The first-order chi connectivity index (χ1) is 13.9. The molecule has 4 rings (SSSR count). The molecule has 1 atom stereocenters. The number of fused-ring (bicyclic) bond motifs is 1. The van der Waals surface area contributed by atoms with E-state index in [-0.39, 0.29) is 24.0 Å². The minimum absolute atomic E-state index is 0.0683. The van der Waals surface area contributed by atoms with Crippen molar-refractivity contribution in [1.82, 2.24) is 10.2 Å². The number of nitrogens with zero attached hydrogens (tertiary/aromatic N) is 2. The number of esters is 1. The fourth-order valence-corrected chi connectivity index (χ4v) is 3.03. The number of furan rings is 1. The highest BCUT2D eigenvalue weighted by atomic mass is 19.1. The fourth-order valence-electron chi connectivity index (χ4n) is 3.03. The average molecular weight is 394 g/mol. The molecule has 29 heavy (non-hydrogen) atoms. The second kappa shape index (κ2) is 7.50. The highest BCUT2D eigenvalue weighted by Crippen LogP contribution is 2.27. The third-order valence-corrected chi connectivity index (χ3v) is 4.79. The number of aromatic nitrogens is 2. The molecule has 0 spiro atoms. The number of hydrogen-bond acceptors (Lipinski definition) is 6. The number of carbonyl (C=O) groups is 1. The van der Waals surface area contributed by atoms with Gasteiger partial charge in [-0.1, -0.05) is 0 Å². The molecule has 0 amide bonds. The SMILES string of the molecule is Cc1cc2occ(CC(=O)O[C@@H](C)c3nnc(-c4ccc(F)cc4)o3)c2cc1C. The molecule has 0 aliphatic rings. The van der Waals surface area contributed by atoms with Gasteiger partial charge in [-0.05, 0) is 68.3 Å². The topological polar surface area (TPSA) is 78.4 Å². The Morgan fingerprint density at radius 2 is 1.86 bits per heavy atom. The predicted molar refractivity (Wildman–Crippen MR) is 104 cm³/mol. The van der Waals surface area contributed by atoms with Gasteiger partial charge >= 0.3 is 5.97 Å². The van der Waals surface area contributed by atoms with E-state index in [2.05, 4.69) is 10.2 Å². The first-order valence-electron chi connectivity index (χ1n) is 9.17. The number of benzene rings is 2. The summed E-state index contributed by atoms with van der Waals surface area (Å²) < 4.78 is 29.6. The van der Waals surface area contributed by atoms with Crippen molar-refractivity contribution in [1.29, 1.82) is 0 Å². The van der Waals surface area contributed by atoms with Crippen LogP contribution in [-0.4, -0.2) is 16.2 Å². The van der Waals surface area contributed by atoms with Crippen LogP contribution in [0.25, 0.3) is 22.4 Å². The molecule has 0 unspecified atom stereocenters. The van der Waals surface area contributed by atoms with Gasteiger partial charge < -0.3 is 13.6 Å². The van der Waals surface area contributed by atoms with Gasteiger partial charge in [0, 0.05) is 16.5 Å². The zero-order chi connectivity index (χ0) is 20.5. The van der Waals surface area contributed by atoms with Crippen LogP contribution in [-0.2, 0) is 16.0 Å². The van der Waals surface area contributed by atoms with E-state index in [1.807, 2.05) is 26.0 Å². The third kappa shape index (κ3) is 3.89. The molecule has 2 aromatic carbocycles. The summed E-state index contributed by atoms with van der Waals surface area (Å²) in [6.07, 6.45) is 0.930. The van der Waals surface area contributed by atoms with E-state index in [4.69, 9.17) is 13.6 Å². The maximum absolute atomic E-state index is 13.0. The summed E-state index contributed by atoms with van der Waals surface area (Å²) in [5.74, 6) is -0.386. The molecule has 148 valence electrons. The van der Waals surface area contributed by atoms with E-state index in [1.54, 1.807) is 13.2 Å². The molecule has 0 saturated heterocycles. The van der Waals surface area contributed by atoms with Gasteiger partial charge in [-0.2, -0.15) is 0 Å².